The summed E-state index contributed by atoms with van der Waals surface area (Å²) >= 11 is 0. The molecule has 7 nitrogen and oxygen atoms in total. The van der Waals surface area contributed by atoms with Crippen molar-refractivity contribution in [2.75, 3.05) is 24.5 Å². The Morgan fingerprint density at radius 2 is 1.63 bits per heavy atom. The van der Waals surface area contributed by atoms with Crippen molar-refractivity contribution < 1.29 is 13.2 Å². The third-order valence-corrected chi connectivity index (χ3v) is 7.87. The molecule has 1 saturated heterocycles. The molecule has 0 radical (unpaired) electrons. The lowest BCUT2D eigenvalue weighted by Crippen LogP contribution is -2.35. The van der Waals surface area contributed by atoms with Crippen LogP contribution in [0.5, 0.6) is 0 Å². The van der Waals surface area contributed by atoms with Crippen molar-refractivity contribution >= 4 is 32.9 Å². The molecule has 2 aromatic carbocycles. The quantitative estimate of drug-likeness (QED) is 0.645. The Balaban J connectivity index is 1.32. The van der Waals surface area contributed by atoms with E-state index in [9.17, 15) is 13.2 Å². The Labute approximate surface area is 176 Å². The largest absolute Gasteiger partial charge is 0.308 e. The topological polar surface area (TPSA) is 75.5 Å². The van der Waals surface area contributed by atoms with Crippen molar-refractivity contribution in [1.82, 2.24) is 13.9 Å². The fourth-order valence-electron chi connectivity index (χ4n) is 4.33. The molecular weight excluding hydrogens is 400 g/mol. The highest BCUT2D eigenvalue weighted by molar-refractivity contribution is 7.89. The van der Waals surface area contributed by atoms with Crippen LogP contribution in [0.3, 0.4) is 0 Å². The number of sulfonamides is 1. The number of carbonyl (C=O) groups is 1. The summed E-state index contributed by atoms with van der Waals surface area (Å²) in [5.41, 5.74) is 2.72. The molecule has 156 valence electrons. The third kappa shape index (κ3) is 3.30. The van der Waals surface area contributed by atoms with Gasteiger partial charge in [0.25, 0.3) is 0 Å². The monoisotopic (exact) mass is 424 g/mol. The number of piperidine rings is 1. The SMILES string of the molecule is O=C(Cc1ccc(S(=O)(=O)N2CCCCC2)cc1)N1CCn2c1nc1ccccc12. The minimum Gasteiger partial charge on any atom is -0.308 e. The number of amides is 1. The van der Waals surface area contributed by atoms with E-state index in [1.54, 1.807) is 33.5 Å². The van der Waals surface area contributed by atoms with Crippen LogP contribution in [0.4, 0.5) is 5.95 Å². The van der Waals surface area contributed by atoms with Gasteiger partial charge in [0.05, 0.1) is 22.3 Å². The van der Waals surface area contributed by atoms with Gasteiger partial charge < -0.3 is 4.57 Å². The van der Waals surface area contributed by atoms with Gasteiger partial charge in [0, 0.05) is 26.2 Å². The Morgan fingerprint density at radius 3 is 2.40 bits per heavy atom. The zero-order valence-electron chi connectivity index (χ0n) is 16.7. The van der Waals surface area contributed by atoms with Gasteiger partial charge in [-0.15, -0.1) is 0 Å². The third-order valence-electron chi connectivity index (χ3n) is 5.96. The number of hydrogen-bond acceptors (Lipinski definition) is 4. The molecule has 0 aliphatic carbocycles. The van der Waals surface area contributed by atoms with Crippen molar-refractivity contribution in [3.05, 3.63) is 54.1 Å². The molecule has 30 heavy (non-hydrogen) atoms. The second kappa shape index (κ2) is 7.52. The van der Waals surface area contributed by atoms with Gasteiger partial charge in [-0.1, -0.05) is 30.7 Å². The summed E-state index contributed by atoms with van der Waals surface area (Å²) < 4.78 is 29.2. The number of carbonyl (C=O) groups excluding carboxylic acids is 1. The molecule has 1 aromatic heterocycles. The number of rotatable bonds is 4. The summed E-state index contributed by atoms with van der Waals surface area (Å²) in [6.45, 7) is 2.50. The molecule has 2 aliphatic heterocycles. The highest BCUT2D eigenvalue weighted by Gasteiger charge is 2.29. The fraction of sp³-hybridized carbons (Fsp3) is 0.364. The molecule has 5 rings (SSSR count). The van der Waals surface area contributed by atoms with E-state index in [1.165, 1.54) is 0 Å². The van der Waals surface area contributed by atoms with E-state index in [0.29, 0.717) is 30.5 Å². The maximum absolute atomic E-state index is 12.9. The van der Waals surface area contributed by atoms with Crippen LogP contribution in [-0.2, 0) is 27.8 Å². The summed E-state index contributed by atoms with van der Waals surface area (Å²) in [4.78, 5) is 19.6. The first-order valence-electron chi connectivity index (χ1n) is 10.4. The predicted molar refractivity (Wildman–Crippen MR) is 115 cm³/mol. The summed E-state index contributed by atoms with van der Waals surface area (Å²) in [7, 11) is -3.45. The normalized spacial score (nSPS) is 17.4. The number of aromatic nitrogens is 2. The Bertz CT molecular complexity index is 1190. The minimum atomic E-state index is -3.45. The average molecular weight is 425 g/mol. The van der Waals surface area contributed by atoms with Gasteiger partial charge >= 0.3 is 0 Å². The maximum atomic E-state index is 12.9. The number of anilines is 1. The van der Waals surface area contributed by atoms with Gasteiger partial charge in [0.15, 0.2) is 0 Å². The van der Waals surface area contributed by atoms with Gasteiger partial charge in [-0.05, 0) is 42.7 Å². The molecule has 0 spiro atoms. The summed E-state index contributed by atoms with van der Waals surface area (Å²) in [5, 5.41) is 0. The van der Waals surface area contributed by atoms with Crippen LogP contribution >= 0.6 is 0 Å². The standard InChI is InChI=1S/C22H24N4O3S/c27-21(26-15-14-25-20-7-3-2-6-19(20)23-22(25)26)16-17-8-10-18(11-9-17)30(28,29)24-12-4-1-5-13-24/h2-3,6-11H,1,4-5,12-16H2. The minimum absolute atomic E-state index is 0.0318. The molecule has 8 heteroatoms. The second-order valence-corrected chi connectivity index (χ2v) is 9.82. The Morgan fingerprint density at radius 1 is 0.900 bits per heavy atom. The first-order valence-corrected chi connectivity index (χ1v) is 11.8. The smallest absolute Gasteiger partial charge is 0.243 e. The zero-order chi connectivity index (χ0) is 20.7. The van der Waals surface area contributed by atoms with E-state index in [4.69, 9.17) is 0 Å². The van der Waals surface area contributed by atoms with Crippen molar-refractivity contribution in [1.29, 1.82) is 0 Å². The second-order valence-electron chi connectivity index (χ2n) is 7.88. The van der Waals surface area contributed by atoms with Gasteiger partial charge in [0.2, 0.25) is 21.9 Å². The molecule has 0 atom stereocenters. The maximum Gasteiger partial charge on any atom is 0.243 e. The number of benzene rings is 2. The van der Waals surface area contributed by atoms with Crippen molar-refractivity contribution in [2.45, 2.75) is 37.1 Å². The van der Waals surface area contributed by atoms with Crippen LogP contribution in [0.25, 0.3) is 11.0 Å². The Hall–Kier alpha value is -2.71. The van der Waals surface area contributed by atoms with Crippen LogP contribution in [0.15, 0.2) is 53.4 Å². The fourth-order valence-corrected chi connectivity index (χ4v) is 5.85. The lowest BCUT2D eigenvalue weighted by Gasteiger charge is -2.25. The van der Waals surface area contributed by atoms with Crippen molar-refractivity contribution in [3.63, 3.8) is 0 Å². The highest BCUT2D eigenvalue weighted by atomic mass is 32.2. The number of imidazole rings is 1. The molecule has 0 N–H and O–H groups in total. The van der Waals surface area contributed by atoms with E-state index >= 15 is 0 Å². The summed E-state index contributed by atoms with van der Waals surface area (Å²) in [6.07, 6.45) is 3.11. The van der Waals surface area contributed by atoms with Crippen molar-refractivity contribution in [3.8, 4) is 0 Å². The number of hydrogen-bond donors (Lipinski definition) is 0. The van der Waals surface area contributed by atoms with E-state index in [-0.39, 0.29) is 12.3 Å². The molecule has 0 unspecified atom stereocenters. The number of fused-ring (bicyclic) bond motifs is 3. The molecule has 1 fully saturated rings. The van der Waals surface area contributed by atoms with Crippen LogP contribution in [-0.4, -0.2) is 47.8 Å². The van der Waals surface area contributed by atoms with Crippen LogP contribution in [0.2, 0.25) is 0 Å². The van der Waals surface area contributed by atoms with Crippen LogP contribution in [0.1, 0.15) is 24.8 Å². The van der Waals surface area contributed by atoms with Crippen LogP contribution in [0, 0.1) is 0 Å². The van der Waals surface area contributed by atoms with E-state index in [2.05, 4.69) is 9.55 Å². The molecule has 3 aromatic rings. The molecule has 3 heterocycles. The Kier molecular flexibility index (Phi) is 4.83. The highest BCUT2D eigenvalue weighted by Crippen LogP contribution is 2.28. The van der Waals surface area contributed by atoms with E-state index < -0.39 is 10.0 Å². The zero-order valence-corrected chi connectivity index (χ0v) is 17.5. The van der Waals surface area contributed by atoms with Crippen LogP contribution < -0.4 is 4.90 Å². The van der Waals surface area contributed by atoms with Gasteiger partial charge in [-0.25, -0.2) is 13.4 Å². The van der Waals surface area contributed by atoms with Crippen molar-refractivity contribution in [2.24, 2.45) is 0 Å². The van der Waals surface area contributed by atoms with Gasteiger partial charge in [-0.3, -0.25) is 9.69 Å². The first kappa shape index (κ1) is 19.3. The van der Waals surface area contributed by atoms with E-state index in [0.717, 1.165) is 42.4 Å². The molecular formula is C22H24N4O3S. The lowest BCUT2D eigenvalue weighted by atomic mass is 10.1. The molecule has 1 amide bonds. The lowest BCUT2D eigenvalue weighted by molar-refractivity contribution is -0.117. The summed E-state index contributed by atoms with van der Waals surface area (Å²) in [6, 6.07) is 14.6. The summed E-state index contributed by atoms with van der Waals surface area (Å²) in [5.74, 6) is 0.654. The molecule has 2 aliphatic rings. The van der Waals surface area contributed by atoms with E-state index in [1.807, 2.05) is 24.3 Å². The van der Waals surface area contributed by atoms with Gasteiger partial charge in [0.1, 0.15) is 0 Å². The van der Waals surface area contributed by atoms with Gasteiger partial charge in [-0.2, -0.15) is 4.31 Å². The number of nitrogens with zero attached hydrogens (tertiary/aromatic N) is 4. The first-order chi connectivity index (χ1) is 14.5. The predicted octanol–water partition coefficient (Wildman–Crippen LogP) is 2.80. The molecule has 0 bridgehead atoms. The number of para-hydroxylation sites is 2. The average Bonchev–Trinajstić information content (AvgIpc) is 3.34. The molecule has 0 saturated carbocycles.